The molecule has 0 unspecified atom stereocenters. The van der Waals surface area contributed by atoms with E-state index in [1.165, 1.54) is 36.4 Å². The van der Waals surface area contributed by atoms with Crippen LogP contribution in [0.15, 0.2) is 72.8 Å². The van der Waals surface area contributed by atoms with Gasteiger partial charge in [-0.25, -0.2) is 9.80 Å². The number of imide groups is 2. The van der Waals surface area contributed by atoms with Crippen LogP contribution >= 0.6 is 46.4 Å². The lowest BCUT2D eigenvalue weighted by Gasteiger charge is -2.33. The molecule has 4 aromatic rings. The zero-order chi connectivity index (χ0) is 31.9. The Morgan fingerprint density at radius 2 is 0.886 bits per heavy atom. The van der Waals surface area contributed by atoms with Crippen LogP contribution in [0.4, 0.5) is 24.5 Å². The summed E-state index contributed by atoms with van der Waals surface area (Å²) in [6.07, 6.45) is -4.95. The minimum absolute atomic E-state index is 0.00125. The van der Waals surface area contributed by atoms with E-state index in [4.69, 9.17) is 46.4 Å². The van der Waals surface area contributed by atoms with Crippen molar-refractivity contribution in [2.24, 2.45) is 0 Å². The topological polar surface area (TPSA) is 74.8 Å². The molecule has 0 saturated heterocycles. The summed E-state index contributed by atoms with van der Waals surface area (Å²) in [5, 5.41) is 0.511. The maximum Gasteiger partial charge on any atom is 0.402 e. The number of fused-ring (bicyclic) bond motifs is 2. The number of halogens is 7. The van der Waals surface area contributed by atoms with Crippen molar-refractivity contribution >= 4 is 81.4 Å². The van der Waals surface area contributed by atoms with Crippen molar-refractivity contribution in [1.82, 2.24) is 0 Å². The van der Waals surface area contributed by atoms with E-state index in [0.717, 1.165) is 53.1 Å². The maximum absolute atomic E-state index is 15.0. The highest BCUT2D eigenvalue weighted by molar-refractivity contribution is 6.42. The Morgan fingerprint density at radius 1 is 0.523 bits per heavy atom. The van der Waals surface area contributed by atoms with Gasteiger partial charge in [-0.1, -0.05) is 58.5 Å². The first-order valence-electron chi connectivity index (χ1n) is 12.7. The van der Waals surface area contributed by atoms with Gasteiger partial charge in [-0.05, 0) is 78.7 Å². The van der Waals surface area contributed by atoms with Gasteiger partial charge in [0.05, 0.1) is 43.7 Å². The van der Waals surface area contributed by atoms with Crippen molar-refractivity contribution in [3.05, 3.63) is 126 Å². The molecule has 0 fully saturated rings. The highest BCUT2D eigenvalue weighted by Gasteiger charge is 2.55. The summed E-state index contributed by atoms with van der Waals surface area (Å²) in [6, 6.07) is 14.7. The minimum Gasteiger partial charge on any atom is -0.268 e. The predicted molar refractivity (Wildman–Crippen MR) is 161 cm³/mol. The minimum atomic E-state index is -4.95. The molecule has 4 amide bonds. The maximum atomic E-state index is 15.0. The third-order valence-corrected chi connectivity index (χ3v) is 8.87. The number of anilines is 2. The van der Waals surface area contributed by atoms with Crippen LogP contribution in [-0.4, -0.2) is 29.8 Å². The summed E-state index contributed by atoms with van der Waals surface area (Å²) >= 11 is 24.3. The van der Waals surface area contributed by atoms with E-state index in [1.807, 2.05) is 0 Å². The Balaban J connectivity index is 1.44. The number of hydrogen-bond acceptors (Lipinski definition) is 4. The van der Waals surface area contributed by atoms with Crippen LogP contribution in [0.1, 0.15) is 59.5 Å². The second-order valence-electron chi connectivity index (χ2n) is 10.2. The van der Waals surface area contributed by atoms with Gasteiger partial charge < -0.3 is 0 Å². The molecule has 0 saturated carbocycles. The molecule has 0 radical (unpaired) electrons. The molecular formula is C31H15Cl4F3N2O4. The van der Waals surface area contributed by atoms with Gasteiger partial charge >= 0.3 is 6.18 Å². The highest BCUT2D eigenvalue weighted by atomic mass is 35.5. The van der Waals surface area contributed by atoms with E-state index in [9.17, 15) is 19.2 Å². The SMILES string of the molecule is CC(c1ccc2c(c1)C(=O)N(c1ccc(Cl)cc1Cl)C2=O)(c1ccc2c(c1)C(=O)N(c1ccc(Cl)cc1Cl)C2=O)C(F)(F)F. The number of carbonyl (C=O) groups excluding carboxylic acids is 4. The summed E-state index contributed by atoms with van der Waals surface area (Å²) in [5.41, 5.74) is -4.22. The summed E-state index contributed by atoms with van der Waals surface area (Å²) in [6.45, 7) is 0.889. The van der Waals surface area contributed by atoms with E-state index in [-0.39, 0.29) is 64.8 Å². The third kappa shape index (κ3) is 4.41. The summed E-state index contributed by atoms with van der Waals surface area (Å²) < 4.78 is 45.0. The Kier molecular flexibility index (Phi) is 7.09. The molecule has 44 heavy (non-hydrogen) atoms. The van der Waals surface area contributed by atoms with E-state index in [0.29, 0.717) is 0 Å². The molecular weight excluding hydrogens is 663 g/mol. The second kappa shape index (κ2) is 10.3. The van der Waals surface area contributed by atoms with Gasteiger partial charge in [-0.15, -0.1) is 0 Å². The molecule has 13 heteroatoms. The number of rotatable bonds is 4. The second-order valence-corrected chi connectivity index (χ2v) is 11.9. The highest BCUT2D eigenvalue weighted by Crippen LogP contribution is 2.48. The largest absolute Gasteiger partial charge is 0.402 e. The molecule has 0 aromatic heterocycles. The van der Waals surface area contributed by atoms with E-state index in [2.05, 4.69) is 0 Å². The summed E-state index contributed by atoms with van der Waals surface area (Å²) in [5.74, 6) is -3.27. The molecule has 222 valence electrons. The van der Waals surface area contributed by atoms with Crippen LogP contribution in [0, 0.1) is 0 Å². The van der Waals surface area contributed by atoms with Crippen LogP contribution in [0.3, 0.4) is 0 Å². The van der Waals surface area contributed by atoms with E-state index in [1.54, 1.807) is 0 Å². The van der Waals surface area contributed by atoms with Crippen molar-refractivity contribution in [3.8, 4) is 0 Å². The fourth-order valence-electron chi connectivity index (χ4n) is 5.36. The van der Waals surface area contributed by atoms with Gasteiger partial charge in [0.2, 0.25) is 0 Å². The first-order valence-corrected chi connectivity index (χ1v) is 14.2. The smallest absolute Gasteiger partial charge is 0.268 e. The van der Waals surface area contributed by atoms with Gasteiger partial charge in [0.15, 0.2) is 0 Å². The Labute approximate surface area is 267 Å². The third-order valence-electron chi connectivity index (χ3n) is 7.80. The number of nitrogens with zero attached hydrogens (tertiary/aromatic N) is 2. The molecule has 4 aromatic carbocycles. The predicted octanol–water partition coefficient (Wildman–Crippen LogP) is 8.77. The lowest BCUT2D eigenvalue weighted by molar-refractivity contribution is -0.173. The Morgan fingerprint density at radius 3 is 1.23 bits per heavy atom. The Hall–Kier alpha value is -3.89. The van der Waals surface area contributed by atoms with Crippen LogP contribution in [-0.2, 0) is 5.41 Å². The number of benzene rings is 4. The first kappa shape index (κ1) is 30.1. The monoisotopic (exact) mass is 676 g/mol. The number of hydrogen-bond donors (Lipinski definition) is 0. The van der Waals surface area contributed by atoms with Crippen LogP contribution in [0.5, 0.6) is 0 Å². The molecule has 0 spiro atoms. The van der Waals surface area contributed by atoms with Gasteiger partial charge in [-0.3, -0.25) is 19.2 Å². The van der Waals surface area contributed by atoms with Crippen molar-refractivity contribution in [3.63, 3.8) is 0 Å². The zero-order valence-corrected chi connectivity index (χ0v) is 25.1. The molecule has 2 aliphatic heterocycles. The average molecular weight is 678 g/mol. The van der Waals surface area contributed by atoms with Crippen LogP contribution < -0.4 is 9.80 Å². The molecule has 0 aliphatic carbocycles. The van der Waals surface area contributed by atoms with Crippen molar-refractivity contribution in [2.75, 3.05) is 9.80 Å². The van der Waals surface area contributed by atoms with Crippen LogP contribution in [0.2, 0.25) is 20.1 Å². The quantitative estimate of drug-likeness (QED) is 0.203. The fourth-order valence-corrected chi connectivity index (χ4v) is 6.35. The van der Waals surface area contributed by atoms with E-state index < -0.39 is 35.2 Å². The van der Waals surface area contributed by atoms with Gasteiger partial charge in [0.25, 0.3) is 23.6 Å². The van der Waals surface area contributed by atoms with Gasteiger partial charge in [0, 0.05) is 10.0 Å². The van der Waals surface area contributed by atoms with E-state index >= 15 is 13.2 Å². The van der Waals surface area contributed by atoms with Crippen LogP contribution in [0.25, 0.3) is 0 Å². The standard InChI is InChI=1S/C31H15Cl4F3N2O4/c1-30(31(36,37)38,14-2-6-18-20(10-14)28(43)39(26(18)41)24-8-4-16(32)12-22(24)34)15-3-7-19-21(11-15)29(44)40(27(19)42)25-9-5-17(33)13-23(25)35/h2-13H,1H3. The molecule has 6 nitrogen and oxygen atoms in total. The normalized spacial score (nSPS) is 14.9. The lowest BCUT2D eigenvalue weighted by Crippen LogP contribution is -2.41. The molecule has 0 atom stereocenters. The fraction of sp³-hybridized carbons (Fsp3) is 0.0968. The average Bonchev–Trinajstić information content (AvgIpc) is 3.36. The van der Waals surface area contributed by atoms with Crippen molar-refractivity contribution < 1.29 is 32.3 Å². The van der Waals surface area contributed by atoms with Crippen molar-refractivity contribution in [2.45, 2.75) is 18.5 Å². The van der Waals surface area contributed by atoms with Gasteiger partial charge in [0.1, 0.15) is 5.41 Å². The number of amides is 4. The lowest BCUT2D eigenvalue weighted by atomic mass is 9.74. The summed E-state index contributed by atoms with van der Waals surface area (Å²) in [7, 11) is 0. The molecule has 0 N–H and O–H groups in total. The number of carbonyl (C=O) groups is 4. The number of alkyl halides is 3. The summed E-state index contributed by atoms with van der Waals surface area (Å²) in [4.78, 5) is 54.6. The Bertz CT molecular complexity index is 1850. The molecule has 6 rings (SSSR count). The first-order chi connectivity index (χ1) is 20.6. The zero-order valence-electron chi connectivity index (χ0n) is 22.1. The molecule has 2 heterocycles. The molecule has 0 bridgehead atoms. The molecule has 2 aliphatic rings. The van der Waals surface area contributed by atoms with Gasteiger partial charge in [-0.2, -0.15) is 13.2 Å². The van der Waals surface area contributed by atoms with Crippen molar-refractivity contribution in [1.29, 1.82) is 0 Å².